The SMILES string of the molecule is CCOC(=O)c1sc2nc(-c3ccccc3)cc(C)c2c1N. The Morgan fingerprint density at radius 1 is 1.32 bits per heavy atom. The fourth-order valence-corrected chi connectivity index (χ4v) is 3.48. The lowest BCUT2D eigenvalue weighted by atomic mass is 10.1. The topological polar surface area (TPSA) is 65.2 Å². The summed E-state index contributed by atoms with van der Waals surface area (Å²) >= 11 is 1.28. The first-order valence-corrected chi connectivity index (χ1v) is 7.85. The predicted molar refractivity (Wildman–Crippen MR) is 90.2 cm³/mol. The fraction of sp³-hybridized carbons (Fsp3) is 0.176. The highest BCUT2D eigenvalue weighted by Gasteiger charge is 2.20. The van der Waals surface area contributed by atoms with E-state index >= 15 is 0 Å². The number of hydrogen-bond acceptors (Lipinski definition) is 5. The van der Waals surface area contributed by atoms with Crippen molar-refractivity contribution in [3.8, 4) is 11.3 Å². The Bertz CT molecular complexity index is 841. The van der Waals surface area contributed by atoms with Gasteiger partial charge in [0.05, 0.1) is 18.0 Å². The van der Waals surface area contributed by atoms with Crippen molar-refractivity contribution < 1.29 is 9.53 Å². The van der Waals surface area contributed by atoms with Gasteiger partial charge in [0.25, 0.3) is 0 Å². The summed E-state index contributed by atoms with van der Waals surface area (Å²) in [5.74, 6) is -0.385. The summed E-state index contributed by atoms with van der Waals surface area (Å²) in [6, 6.07) is 11.9. The molecule has 5 heteroatoms. The number of anilines is 1. The molecule has 3 rings (SSSR count). The minimum absolute atomic E-state index is 0.328. The molecular formula is C17H16N2O2S. The number of ether oxygens (including phenoxy) is 1. The molecule has 0 aliphatic rings. The summed E-state index contributed by atoms with van der Waals surface area (Å²) in [6.45, 7) is 4.08. The highest BCUT2D eigenvalue weighted by molar-refractivity contribution is 7.21. The van der Waals surface area contributed by atoms with Crippen LogP contribution in [0.5, 0.6) is 0 Å². The summed E-state index contributed by atoms with van der Waals surface area (Å²) < 4.78 is 5.06. The highest BCUT2D eigenvalue weighted by atomic mass is 32.1. The first-order chi connectivity index (χ1) is 10.6. The Labute approximate surface area is 132 Å². The van der Waals surface area contributed by atoms with Gasteiger partial charge in [0.1, 0.15) is 9.71 Å². The van der Waals surface area contributed by atoms with Crippen LogP contribution in [0.25, 0.3) is 21.5 Å². The smallest absolute Gasteiger partial charge is 0.350 e. The summed E-state index contributed by atoms with van der Waals surface area (Å²) in [5.41, 5.74) is 9.51. The van der Waals surface area contributed by atoms with Crippen LogP contribution in [0.3, 0.4) is 0 Å². The molecule has 1 aromatic carbocycles. The fourth-order valence-electron chi connectivity index (χ4n) is 2.42. The lowest BCUT2D eigenvalue weighted by molar-refractivity contribution is 0.0533. The van der Waals surface area contributed by atoms with Crippen LogP contribution in [0.2, 0.25) is 0 Å². The van der Waals surface area contributed by atoms with Crippen LogP contribution in [0.4, 0.5) is 5.69 Å². The van der Waals surface area contributed by atoms with Crippen molar-refractivity contribution in [3.05, 3.63) is 46.8 Å². The molecule has 0 radical (unpaired) electrons. The van der Waals surface area contributed by atoms with Crippen LogP contribution >= 0.6 is 11.3 Å². The lowest BCUT2D eigenvalue weighted by Gasteiger charge is -2.04. The van der Waals surface area contributed by atoms with E-state index in [1.54, 1.807) is 6.92 Å². The molecule has 0 bridgehead atoms. The molecule has 2 N–H and O–H groups in total. The predicted octanol–water partition coefficient (Wildman–Crippen LogP) is 4.03. The number of carbonyl (C=O) groups excluding carboxylic acids is 1. The molecule has 0 atom stereocenters. The van der Waals surface area contributed by atoms with Gasteiger partial charge < -0.3 is 10.5 Å². The summed E-state index contributed by atoms with van der Waals surface area (Å²) in [5, 5.41) is 0.840. The quantitative estimate of drug-likeness (QED) is 0.742. The zero-order valence-electron chi connectivity index (χ0n) is 12.4. The number of hydrogen-bond donors (Lipinski definition) is 1. The van der Waals surface area contributed by atoms with Crippen molar-refractivity contribution in [1.82, 2.24) is 4.98 Å². The summed E-state index contributed by atoms with van der Waals surface area (Å²) in [4.78, 5) is 17.8. The van der Waals surface area contributed by atoms with E-state index in [1.165, 1.54) is 11.3 Å². The second-order valence-electron chi connectivity index (χ2n) is 4.94. The highest BCUT2D eigenvalue weighted by Crippen LogP contribution is 2.37. The van der Waals surface area contributed by atoms with Crippen molar-refractivity contribution in [3.63, 3.8) is 0 Å². The minimum atomic E-state index is -0.385. The van der Waals surface area contributed by atoms with Crippen molar-refractivity contribution in [2.45, 2.75) is 13.8 Å². The Kier molecular flexibility index (Phi) is 3.81. The number of carbonyl (C=O) groups is 1. The molecular weight excluding hydrogens is 296 g/mol. The van der Waals surface area contributed by atoms with Crippen LogP contribution in [-0.4, -0.2) is 17.6 Å². The average molecular weight is 312 g/mol. The maximum atomic E-state index is 12.0. The Morgan fingerprint density at radius 2 is 2.05 bits per heavy atom. The van der Waals surface area contributed by atoms with Gasteiger partial charge in [-0.1, -0.05) is 30.3 Å². The van der Waals surface area contributed by atoms with Crippen molar-refractivity contribution in [2.75, 3.05) is 12.3 Å². The molecule has 0 aliphatic heterocycles. The molecule has 3 aromatic rings. The third kappa shape index (κ3) is 2.44. The zero-order valence-corrected chi connectivity index (χ0v) is 13.2. The Morgan fingerprint density at radius 3 is 2.73 bits per heavy atom. The molecule has 0 saturated heterocycles. The Hall–Kier alpha value is -2.40. The number of aryl methyl sites for hydroxylation is 1. The monoisotopic (exact) mass is 312 g/mol. The van der Waals surface area contributed by atoms with E-state index in [-0.39, 0.29) is 5.97 Å². The van der Waals surface area contributed by atoms with Crippen molar-refractivity contribution >= 4 is 33.2 Å². The molecule has 112 valence electrons. The number of thiophene rings is 1. The molecule has 0 aliphatic carbocycles. The minimum Gasteiger partial charge on any atom is -0.462 e. The Balaban J connectivity index is 2.17. The van der Waals surface area contributed by atoms with Crippen molar-refractivity contribution in [2.24, 2.45) is 0 Å². The number of nitrogens with zero attached hydrogens (tertiary/aromatic N) is 1. The van der Waals surface area contributed by atoms with Gasteiger partial charge >= 0.3 is 5.97 Å². The van der Waals surface area contributed by atoms with Gasteiger partial charge in [-0.05, 0) is 25.5 Å². The molecule has 0 saturated carbocycles. The van der Waals surface area contributed by atoms with E-state index in [1.807, 2.05) is 43.3 Å². The molecule has 0 amide bonds. The van der Waals surface area contributed by atoms with Gasteiger partial charge in [0.2, 0.25) is 0 Å². The number of esters is 1. The molecule has 0 spiro atoms. The molecule has 0 fully saturated rings. The molecule has 2 heterocycles. The first kappa shape index (κ1) is 14.5. The largest absolute Gasteiger partial charge is 0.462 e. The molecule has 2 aromatic heterocycles. The van der Waals surface area contributed by atoms with Gasteiger partial charge in [-0.3, -0.25) is 0 Å². The number of rotatable bonds is 3. The average Bonchev–Trinajstić information content (AvgIpc) is 2.86. The molecule has 0 unspecified atom stereocenters. The molecule has 4 nitrogen and oxygen atoms in total. The lowest BCUT2D eigenvalue weighted by Crippen LogP contribution is -2.04. The van der Waals surface area contributed by atoms with E-state index in [0.717, 1.165) is 27.0 Å². The standard InChI is InChI=1S/C17H16N2O2S/c1-3-21-17(20)15-14(18)13-10(2)9-12(19-16(13)22-15)11-7-5-4-6-8-11/h4-9H,3,18H2,1-2H3. The van der Waals surface area contributed by atoms with Gasteiger partial charge in [0, 0.05) is 10.9 Å². The number of nitrogen functional groups attached to an aromatic ring is 1. The summed E-state index contributed by atoms with van der Waals surface area (Å²) in [6.07, 6.45) is 0. The van der Waals surface area contributed by atoms with Gasteiger partial charge in [-0.15, -0.1) is 11.3 Å². The third-order valence-electron chi connectivity index (χ3n) is 3.43. The van der Waals surface area contributed by atoms with Gasteiger partial charge in [0.15, 0.2) is 0 Å². The number of aromatic nitrogens is 1. The zero-order chi connectivity index (χ0) is 15.7. The molecule has 22 heavy (non-hydrogen) atoms. The number of fused-ring (bicyclic) bond motifs is 1. The van der Waals surface area contributed by atoms with Gasteiger partial charge in [-0.2, -0.15) is 0 Å². The summed E-state index contributed by atoms with van der Waals surface area (Å²) in [7, 11) is 0. The first-order valence-electron chi connectivity index (χ1n) is 7.04. The van der Waals surface area contributed by atoms with Crippen LogP contribution in [0.1, 0.15) is 22.2 Å². The maximum Gasteiger partial charge on any atom is 0.350 e. The van der Waals surface area contributed by atoms with Crippen LogP contribution in [0, 0.1) is 6.92 Å². The van der Waals surface area contributed by atoms with Crippen molar-refractivity contribution in [1.29, 1.82) is 0 Å². The van der Waals surface area contributed by atoms with E-state index < -0.39 is 0 Å². The van der Waals surface area contributed by atoms with E-state index in [9.17, 15) is 4.79 Å². The number of nitrogens with two attached hydrogens (primary N) is 1. The third-order valence-corrected chi connectivity index (χ3v) is 4.51. The second kappa shape index (κ2) is 5.77. The number of benzene rings is 1. The second-order valence-corrected chi connectivity index (χ2v) is 5.93. The van der Waals surface area contributed by atoms with Crippen LogP contribution in [0.15, 0.2) is 36.4 Å². The normalized spacial score (nSPS) is 10.8. The van der Waals surface area contributed by atoms with Crippen LogP contribution < -0.4 is 5.73 Å². The van der Waals surface area contributed by atoms with E-state index in [4.69, 9.17) is 10.5 Å². The van der Waals surface area contributed by atoms with E-state index in [0.29, 0.717) is 17.2 Å². The maximum absolute atomic E-state index is 12.0. The van der Waals surface area contributed by atoms with E-state index in [2.05, 4.69) is 4.98 Å². The van der Waals surface area contributed by atoms with Gasteiger partial charge in [-0.25, -0.2) is 9.78 Å². The van der Waals surface area contributed by atoms with Crippen LogP contribution in [-0.2, 0) is 4.74 Å². The number of pyridine rings is 1.